The van der Waals surface area contributed by atoms with Crippen molar-refractivity contribution in [3.05, 3.63) is 0 Å². The van der Waals surface area contributed by atoms with Gasteiger partial charge in [0, 0.05) is 0 Å². The van der Waals surface area contributed by atoms with Crippen LogP contribution in [0.1, 0.15) is 104 Å². The predicted molar refractivity (Wildman–Crippen MR) is 103 cm³/mol. The van der Waals surface area contributed by atoms with Gasteiger partial charge in [0.25, 0.3) is 0 Å². The average Bonchev–Trinajstić information content (AvgIpc) is 2.59. The van der Waals surface area contributed by atoms with Crippen LogP contribution < -0.4 is 0 Å². The van der Waals surface area contributed by atoms with Crippen LogP contribution in [0.3, 0.4) is 0 Å². The standard InChI is InChI=1S/C21H38O5/c1-4-5-6-9-12-17(2)13-10-7-8-11-14-18(3)21(25)26-20(24)16-15-19(22)23/h17-18H,4-16H2,1-3H3,(H,22,23). The van der Waals surface area contributed by atoms with Crippen molar-refractivity contribution in [1.82, 2.24) is 0 Å². The number of rotatable bonds is 16. The molecule has 5 heteroatoms. The Kier molecular flexibility index (Phi) is 15.0. The highest BCUT2D eigenvalue weighted by atomic mass is 16.6. The van der Waals surface area contributed by atoms with Crippen molar-refractivity contribution in [2.45, 2.75) is 104 Å². The van der Waals surface area contributed by atoms with E-state index in [1.807, 2.05) is 0 Å². The third-order valence-electron chi connectivity index (χ3n) is 4.79. The summed E-state index contributed by atoms with van der Waals surface area (Å²) in [6, 6.07) is 0. The van der Waals surface area contributed by atoms with Crippen LogP contribution in [0.2, 0.25) is 0 Å². The van der Waals surface area contributed by atoms with Gasteiger partial charge in [-0.1, -0.05) is 85.0 Å². The number of unbranched alkanes of at least 4 members (excludes halogenated alkanes) is 6. The molecule has 0 rings (SSSR count). The first kappa shape index (κ1) is 24.6. The van der Waals surface area contributed by atoms with Crippen molar-refractivity contribution >= 4 is 17.9 Å². The number of carbonyl (C=O) groups is 3. The fourth-order valence-electron chi connectivity index (χ4n) is 2.95. The van der Waals surface area contributed by atoms with Crippen molar-refractivity contribution in [3.8, 4) is 0 Å². The quantitative estimate of drug-likeness (QED) is 0.220. The number of carboxylic acid groups (broad SMARTS) is 1. The smallest absolute Gasteiger partial charge is 0.316 e. The molecule has 1 N–H and O–H groups in total. The Morgan fingerprint density at radius 2 is 1.35 bits per heavy atom. The van der Waals surface area contributed by atoms with Crippen LogP contribution in [-0.2, 0) is 19.1 Å². The number of aliphatic carboxylic acids is 1. The van der Waals surface area contributed by atoms with Gasteiger partial charge in [-0.25, -0.2) is 0 Å². The molecule has 0 aromatic rings. The SMILES string of the molecule is CCCCCCC(C)CCCCCCC(C)C(=O)OC(=O)CCC(=O)O. The van der Waals surface area contributed by atoms with E-state index in [0.29, 0.717) is 6.42 Å². The topological polar surface area (TPSA) is 80.7 Å². The van der Waals surface area contributed by atoms with Gasteiger partial charge in [0.05, 0.1) is 18.8 Å². The zero-order valence-electron chi connectivity index (χ0n) is 16.9. The number of hydrogen-bond acceptors (Lipinski definition) is 4. The summed E-state index contributed by atoms with van der Waals surface area (Å²) >= 11 is 0. The van der Waals surface area contributed by atoms with Gasteiger partial charge in [-0.2, -0.15) is 0 Å². The summed E-state index contributed by atoms with van der Waals surface area (Å²) in [5.74, 6) is -1.88. The minimum atomic E-state index is -1.07. The van der Waals surface area contributed by atoms with Crippen LogP contribution in [0.4, 0.5) is 0 Å². The monoisotopic (exact) mass is 370 g/mol. The summed E-state index contributed by atoms with van der Waals surface area (Å²) in [6.45, 7) is 6.33. The maximum Gasteiger partial charge on any atom is 0.316 e. The van der Waals surface area contributed by atoms with E-state index in [1.54, 1.807) is 6.92 Å². The summed E-state index contributed by atoms with van der Waals surface area (Å²) in [5.41, 5.74) is 0. The van der Waals surface area contributed by atoms with E-state index in [9.17, 15) is 14.4 Å². The molecule has 26 heavy (non-hydrogen) atoms. The Bertz CT molecular complexity index is 405. The number of carboxylic acids is 1. The first-order valence-corrected chi connectivity index (χ1v) is 10.3. The molecular weight excluding hydrogens is 332 g/mol. The summed E-state index contributed by atoms with van der Waals surface area (Å²) < 4.78 is 4.69. The van der Waals surface area contributed by atoms with Crippen molar-refractivity contribution in [1.29, 1.82) is 0 Å². The summed E-state index contributed by atoms with van der Waals surface area (Å²) in [6.07, 6.45) is 12.5. The van der Waals surface area contributed by atoms with Gasteiger partial charge < -0.3 is 9.84 Å². The highest BCUT2D eigenvalue weighted by Gasteiger charge is 2.18. The Hall–Kier alpha value is -1.39. The molecule has 5 nitrogen and oxygen atoms in total. The fourth-order valence-corrected chi connectivity index (χ4v) is 2.95. The van der Waals surface area contributed by atoms with Gasteiger partial charge in [0.1, 0.15) is 0 Å². The molecule has 0 aliphatic carbocycles. The minimum Gasteiger partial charge on any atom is -0.481 e. The Morgan fingerprint density at radius 3 is 1.88 bits per heavy atom. The van der Waals surface area contributed by atoms with Gasteiger partial charge >= 0.3 is 17.9 Å². The lowest BCUT2D eigenvalue weighted by Crippen LogP contribution is -2.19. The van der Waals surface area contributed by atoms with Gasteiger partial charge in [-0.3, -0.25) is 14.4 Å². The molecule has 2 unspecified atom stereocenters. The molecule has 0 amide bonds. The van der Waals surface area contributed by atoms with Gasteiger partial charge in [0.2, 0.25) is 0 Å². The van der Waals surface area contributed by atoms with Crippen molar-refractivity contribution in [2.24, 2.45) is 11.8 Å². The molecule has 0 saturated carbocycles. The van der Waals surface area contributed by atoms with E-state index in [0.717, 1.165) is 18.8 Å². The molecule has 0 bridgehead atoms. The van der Waals surface area contributed by atoms with Gasteiger partial charge in [-0.05, 0) is 12.3 Å². The molecule has 0 aliphatic rings. The first-order chi connectivity index (χ1) is 12.4. The fraction of sp³-hybridized carbons (Fsp3) is 0.857. The summed E-state index contributed by atoms with van der Waals surface area (Å²) in [7, 11) is 0. The molecule has 0 aliphatic heterocycles. The van der Waals surface area contributed by atoms with E-state index in [1.165, 1.54) is 51.4 Å². The molecule has 0 saturated heterocycles. The largest absolute Gasteiger partial charge is 0.481 e. The van der Waals surface area contributed by atoms with E-state index >= 15 is 0 Å². The number of hydrogen-bond donors (Lipinski definition) is 1. The average molecular weight is 371 g/mol. The second-order valence-electron chi connectivity index (χ2n) is 7.53. The zero-order valence-corrected chi connectivity index (χ0v) is 16.9. The van der Waals surface area contributed by atoms with Crippen LogP contribution in [0.15, 0.2) is 0 Å². The molecule has 0 aromatic heterocycles. The molecule has 0 radical (unpaired) electrons. The minimum absolute atomic E-state index is 0.260. The molecular formula is C21H38O5. The van der Waals surface area contributed by atoms with E-state index in [4.69, 9.17) is 5.11 Å². The van der Waals surface area contributed by atoms with Crippen molar-refractivity contribution < 1.29 is 24.2 Å². The van der Waals surface area contributed by atoms with Gasteiger partial charge in [-0.15, -0.1) is 0 Å². The normalized spacial score (nSPS) is 13.2. The van der Waals surface area contributed by atoms with E-state index in [2.05, 4.69) is 18.6 Å². The highest BCUT2D eigenvalue weighted by molar-refractivity contribution is 5.87. The molecule has 0 fully saturated rings. The van der Waals surface area contributed by atoms with Crippen LogP contribution >= 0.6 is 0 Å². The van der Waals surface area contributed by atoms with Crippen LogP contribution in [0.5, 0.6) is 0 Å². The first-order valence-electron chi connectivity index (χ1n) is 10.3. The van der Waals surface area contributed by atoms with Crippen molar-refractivity contribution in [2.75, 3.05) is 0 Å². The molecule has 152 valence electrons. The Labute approximate surface area is 158 Å². The van der Waals surface area contributed by atoms with E-state index in [-0.39, 0.29) is 18.8 Å². The lowest BCUT2D eigenvalue weighted by atomic mass is 9.95. The lowest BCUT2D eigenvalue weighted by Gasteiger charge is -2.12. The Balaban J connectivity index is 3.63. The second kappa shape index (κ2) is 15.8. The maximum absolute atomic E-state index is 11.8. The van der Waals surface area contributed by atoms with Crippen molar-refractivity contribution in [3.63, 3.8) is 0 Å². The molecule has 0 aromatic carbocycles. The third kappa shape index (κ3) is 14.9. The number of esters is 2. The van der Waals surface area contributed by atoms with Crippen LogP contribution in [0.25, 0.3) is 0 Å². The maximum atomic E-state index is 11.8. The summed E-state index contributed by atoms with van der Waals surface area (Å²) in [4.78, 5) is 33.5. The molecule has 0 spiro atoms. The van der Waals surface area contributed by atoms with Crippen LogP contribution in [0, 0.1) is 11.8 Å². The number of ether oxygens (including phenoxy) is 1. The lowest BCUT2D eigenvalue weighted by molar-refractivity contribution is -0.163. The second-order valence-corrected chi connectivity index (χ2v) is 7.53. The van der Waals surface area contributed by atoms with Gasteiger partial charge in [0.15, 0.2) is 0 Å². The predicted octanol–water partition coefficient (Wildman–Crippen LogP) is 5.50. The third-order valence-corrected chi connectivity index (χ3v) is 4.79. The van der Waals surface area contributed by atoms with E-state index < -0.39 is 17.9 Å². The number of carbonyl (C=O) groups excluding carboxylic acids is 2. The summed E-state index contributed by atoms with van der Waals surface area (Å²) in [5, 5.41) is 8.50. The Morgan fingerprint density at radius 1 is 0.808 bits per heavy atom. The molecule has 2 atom stereocenters. The zero-order chi connectivity index (χ0) is 19.8. The highest BCUT2D eigenvalue weighted by Crippen LogP contribution is 2.19. The molecule has 0 heterocycles. The van der Waals surface area contributed by atoms with Crippen LogP contribution in [-0.4, -0.2) is 23.0 Å².